The van der Waals surface area contributed by atoms with Crippen molar-refractivity contribution in [2.75, 3.05) is 6.54 Å². The number of nitrogens with one attached hydrogen (secondary N) is 1. The molecular weight excluding hydrogens is 186 g/mol. The summed E-state index contributed by atoms with van der Waals surface area (Å²) in [5.74, 6) is 0.652. The third-order valence-corrected chi connectivity index (χ3v) is 2.95. The largest absolute Gasteiger partial charge is 0.314 e. The predicted molar refractivity (Wildman–Crippen MR) is 63.9 cm³/mol. The lowest BCUT2D eigenvalue weighted by Crippen LogP contribution is -2.32. The fourth-order valence-electron chi connectivity index (χ4n) is 1.76. The lowest BCUT2D eigenvalue weighted by atomic mass is 9.97. The van der Waals surface area contributed by atoms with Crippen LogP contribution >= 0.6 is 0 Å². The third kappa shape index (κ3) is 3.67. The standard InChI is InChI=1S/C12H23N3/c1-5-13-11(4)10(3)7-12-8-14-15(6-2)9-12/h8-11,13H,5-7H2,1-4H3. The van der Waals surface area contributed by atoms with Gasteiger partial charge in [-0.1, -0.05) is 13.8 Å². The molecule has 0 saturated heterocycles. The first kappa shape index (κ1) is 12.2. The average Bonchev–Trinajstić information content (AvgIpc) is 2.66. The Hall–Kier alpha value is -0.830. The highest BCUT2D eigenvalue weighted by Crippen LogP contribution is 2.11. The van der Waals surface area contributed by atoms with Crippen molar-refractivity contribution in [3.8, 4) is 0 Å². The first-order chi connectivity index (χ1) is 7.17. The highest BCUT2D eigenvalue weighted by atomic mass is 15.3. The molecule has 0 fully saturated rings. The number of hydrogen-bond donors (Lipinski definition) is 1. The summed E-state index contributed by atoms with van der Waals surface area (Å²) in [6.07, 6.45) is 5.24. The van der Waals surface area contributed by atoms with Crippen molar-refractivity contribution in [3.63, 3.8) is 0 Å². The second-order valence-electron chi connectivity index (χ2n) is 4.23. The maximum atomic E-state index is 4.29. The molecule has 0 aromatic carbocycles. The molecule has 1 N–H and O–H groups in total. The monoisotopic (exact) mass is 209 g/mol. The Kier molecular flexibility index (Phi) is 4.82. The van der Waals surface area contributed by atoms with Gasteiger partial charge < -0.3 is 5.32 Å². The number of aryl methyl sites for hydroxylation is 1. The van der Waals surface area contributed by atoms with Crippen LogP contribution in [0.5, 0.6) is 0 Å². The summed E-state index contributed by atoms with van der Waals surface area (Å²) in [7, 11) is 0. The molecule has 1 aromatic heterocycles. The van der Waals surface area contributed by atoms with E-state index in [0.717, 1.165) is 19.5 Å². The molecule has 2 atom stereocenters. The summed E-state index contributed by atoms with van der Waals surface area (Å²) in [5, 5.41) is 7.75. The molecule has 0 bridgehead atoms. The highest BCUT2D eigenvalue weighted by Gasteiger charge is 2.12. The molecule has 0 aliphatic carbocycles. The van der Waals surface area contributed by atoms with Crippen LogP contribution in [-0.4, -0.2) is 22.4 Å². The molecule has 3 nitrogen and oxygen atoms in total. The van der Waals surface area contributed by atoms with E-state index >= 15 is 0 Å². The molecule has 0 radical (unpaired) electrons. The van der Waals surface area contributed by atoms with Gasteiger partial charge in [0.15, 0.2) is 0 Å². The summed E-state index contributed by atoms with van der Waals surface area (Å²) >= 11 is 0. The Morgan fingerprint density at radius 2 is 2.13 bits per heavy atom. The predicted octanol–water partition coefficient (Wildman–Crippen LogP) is 2.08. The van der Waals surface area contributed by atoms with Crippen LogP contribution in [0.1, 0.15) is 33.3 Å². The van der Waals surface area contributed by atoms with Crippen LogP contribution in [0.2, 0.25) is 0 Å². The van der Waals surface area contributed by atoms with Crippen LogP contribution in [0.15, 0.2) is 12.4 Å². The fourth-order valence-corrected chi connectivity index (χ4v) is 1.76. The van der Waals surface area contributed by atoms with E-state index in [0.29, 0.717) is 12.0 Å². The van der Waals surface area contributed by atoms with Crippen LogP contribution < -0.4 is 5.32 Å². The van der Waals surface area contributed by atoms with Crippen molar-refractivity contribution in [1.82, 2.24) is 15.1 Å². The number of hydrogen-bond acceptors (Lipinski definition) is 2. The van der Waals surface area contributed by atoms with E-state index in [-0.39, 0.29) is 0 Å². The topological polar surface area (TPSA) is 29.9 Å². The molecule has 1 aromatic rings. The Balaban J connectivity index is 2.46. The van der Waals surface area contributed by atoms with Crippen LogP contribution in [0.4, 0.5) is 0 Å². The van der Waals surface area contributed by atoms with Gasteiger partial charge in [-0.2, -0.15) is 5.10 Å². The molecule has 0 amide bonds. The van der Waals surface area contributed by atoms with E-state index in [1.54, 1.807) is 0 Å². The lowest BCUT2D eigenvalue weighted by Gasteiger charge is -2.19. The molecule has 0 saturated carbocycles. The summed E-state index contributed by atoms with van der Waals surface area (Å²) in [6.45, 7) is 10.8. The molecule has 1 rings (SSSR count). The van der Waals surface area contributed by atoms with Crippen LogP contribution in [-0.2, 0) is 13.0 Å². The van der Waals surface area contributed by atoms with Gasteiger partial charge in [0.2, 0.25) is 0 Å². The average molecular weight is 209 g/mol. The van der Waals surface area contributed by atoms with Gasteiger partial charge in [0.05, 0.1) is 6.20 Å². The van der Waals surface area contributed by atoms with Gasteiger partial charge in [0, 0.05) is 18.8 Å². The smallest absolute Gasteiger partial charge is 0.0521 e. The van der Waals surface area contributed by atoms with Gasteiger partial charge in [-0.05, 0) is 38.3 Å². The number of nitrogens with zero attached hydrogens (tertiary/aromatic N) is 2. The Morgan fingerprint density at radius 1 is 1.40 bits per heavy atom. The molecule has 0 aliphatic rings. The zero-order valence-electron chi connectivity index (χ0n) is 10.3. The van der Waals surface area contributed by atoms with Crippen molar-refractivity contribution in [3.05, 3.63) is 18.0 Å². The second kappa shape index (κ2) is 5.91. The maximum absolute atomic E-state index is 4.29. The summed E-state index contributed by atoms with van der Waals surface area (Å²) in [4.78, 5) is 0. The maximum Gasteiger partial charge on any atom is 0.0521 e. The summed E-state index contributed by atoms with van der Waals surface area (Å²) in [5.41, 5.74) is 1.34. The van der Waals surface area contributed by atoms with Gasteiger partial charge >= 0.3 is 0 Å². The van der Waals surface area contributed by atoms with Gasteiger partial charge in [-0.25, -0.2) is 0 Å². The quantitative estimate of drug-likeness (QED) is 0.777. The van der Waals surface area contributed by atoms with Gasteiger partial charge in [0.25, 0.3) is 0 Å². The van der Waals surface area contributed by atoms with Gasteiger partial charge in [0.1, 0.15) is 0 Å². The minimum Gasteiger partial charge on any atom is -0.314 e. The first-order valence-electron chi connectivity index (χ1n) is 5.92. The van der Waals surface area contributed by atoms with Gasteiger partial charge in [-0.15, -0.1) is 0 Å². The third-order valence-electron chi connectivity index (χ3n) is 2.95. The fraction of sp³-hybridized carbons (Fsp3) is 0.750. The Labute approximate surface area is 92.9 Å². The molecule has 2 unspecified atom stereocenters. The molecule has 1 heterocycles. The molecule has 15 heavy (non-hydrogen) atoms. The van der Waals surface area contributed by atoms with Crippen molar-refractivity contribution >= 4 is 0 Å². The molecule has 0 aliphatic heterocycles. The minimum absolute atomic E-state index is 0.569. The van der Waals surface area contributed by atoms with Crippen molar-refractivity contribution < 1.29 is 0 Å². The zero-order valence-corrected chi connectivity index (χ0v) is 10.3. The molecule has 3 heteroatoms. The first-order valence-corrected chi connectivity index (χ1v) is 5.92. The van der Waals surface area contributed by atoms with Crippen molar-refractivity contribution in [2.45, 2.75) is 46.7 Å². The van der Waals surface area contributed by atoms with Crippen molar-refractivity contribution in [2.24, 2.45) is 5.92 Å². The zero-order chi connectivity index (χ0) is 11.3. The van der Waals surface area contributed by atoms with Gasteiger partial charge in [-0.3, -0.25) is 4.68 Å². The number of rotatable bonds is 6. The van der Waals surface area contributed by atoms with E-state index in [2.05, 4.69) is 44.3 Å². The molecular formula is C12H23N3. The Bertz CT molecular complexity index is 280. The summed E-state index contributed by atoms with van der Waals surface area (Å²) < 4.78 is 1.99. The van der Waals surface area contributed by atoms with Crippen LogP contribution in [0, 0.1) is 5.92 Å². The highest BCUT2D eigenvalue weighted by molar-refractivity contribution is 5.05. The van der Waals surface area contributed by atoms with E-state index in [1.165, 1.54) is 5.56 Å². The van der Waals surface area contributed by atoms with E-state index in [9.17, 15) is 0 Å². The van der Waals surface area contributed by atoms with Crippen molar-refractivity contribution in [1.29, 1.82) is 0 Å². The van der Waals surface area contributed by atoms with Crippen LogP contribution in [0.25, 0.3) is 0 Å². The lowest BCUT2D eigenvalue weighted by molar-refractivity contribution is 0.406. The van der Waals surface area contributed by atoms with E-state index in [4.69, 9.17) is 0 Å². The number of aromatic nitrogens is 2. The normalized spacial score (nSPS) is 15.2. The van der Waals surface area contributed by atoms with Crippen LogP contribution in [0.3, 0.4) is 0 Å². The van der Waals surface area contributed by atoms with E-state index in [1.807, 2.05) is 10.9 Å². The Morgan fingerprint density at radius 3 is 2.67 bits per heavy atom. The molecule has 0 spiro atoms. The second-order valence-corrected chi connectivity index (χ2v) is 4.23. The summed E-state index contributed by atoms with van der Waals surface area (Å²) in [6, 6.07) is 0.569. The van der Waals surface area contributed by atoms with E-state index < -0.39 is 0 Å². The molecule has 86 valence electrons. The SMILES string of the molecule is CCNC(C)C(C)Cc1cnn(CC)c1. The minimum atomic E-state index is 0.569.